The van der Waals surface area contributed by atoms with Crippen LogP contribution in [0, 0.1) is 0 Å². The number of ether oxygens (including phenoxy) is 3. The monoisotopic (exact) mass is 319 g/mol. The van der Waals surface area contributed by atoms with Crippen LogP contribution in [0.25, 0.3) is 0 Å². The number of hydrogen-bond acceptors (Lipinski definition) is 4. The molecule has 1 heterocycles. The maximum atomic E-state index is 6.13. The van der Waals surface area contributed by atoms with Crippen molar-refractivity contribution >= 4 is 0 Å². The molecular weight excluding hydrogens is 290 g/mol. The third-order valence-corrected chi connectivity index (χ3v) is 4.63. The van der Waals surface area contributed by atoms with Gasteiger partial charge in [-0.15, -0.1) is 0 Å². The summed E-state index contributed by atoms with van der Waals surface area (Å²) in [4.78, 5) is 0. The number of benzene rings is 1. The second kappa shape index (κ2) is 8.55. The molecule has 128 valence electrons. The minimum atomic E-state index is 0.359. The van der Waals surface area contributed by atoms with Crippen molar-refractivity contribution in [2.75, 3.05) is 19.8 Å². The van der Waals surface area contributed by atoms with Crippen molar-refractivity contribution in [3.05, 3.63) is 23.8 Å². The van der Waals surface area contributed by atoms with Gasteiger partial charge in [0, 0.05) is 19.7 Å². The molecule has 1 aromatic carbocycles. The van der Waals surface area contributed by atoms with Gasteiger partial charge in [-0.1, -0.05) is 6.07 Å². The van der Waals surface area contributed by atoms with E-state index < -0.39 is 0 Å². The van der Waals surface area contributed by atoms with E-state index >= 15 is 0 Å². The summed E-state index contributed by atoms with van der Waals surface area (Å²) < 4.78 is 17.6. The largest absolute Gasteiger partial charge is 0.490 e. The van der Waals surface area contributed by atoms with Gasteiger partial charge < -0.3 is 19.5 Å². The third kappa shape index (κ3) is 4.85. The second-order valence-corrected chi connectivity index (χ2v) is 6.50. The zero-order valence-electron chi connectivity index (χ0n) is 14.2. The van der Waals surface area contributed by atoms with Gasteiger partial charge in [0.05, 0.1) is 18.8 Å². The average molecular weight is 319 g/mol. The first kappa shape index (κ1) is 16.6. The smallest absolute Gasteiger partial charge is 0.161 e. The Morgan fingerprint density at radius 1 is 1.13 bits per heavy atom. The molecule has 23 heavy (non-hydrogen) atoms. The van der Waals surface area contributed by atoms with Crippen LogP contribution in [-0.4, -0.2) is 32.0 Å². The van der Waals surface area contributed by atoms with E-state index in [1.165, 1.54) is 31.2 Å². The third-order valence-electron chi connectivity index (χ3n) is 4.63. The summed E-state index contributed by atoms with van der Waals surface area (Å²) in [5.41, 5.74) is 1.23. The first-order valence-corrected chi connectivity index (χ1v) is 9.10. The highest BCUT2D eigenvalue weighted by molar-refractivity contribution is 5.43. The highest BCUT2D eigenvalue weighted by Crippen LogP contribution is 2.32. The van der Waals surface area contributed by atoms with E-state index in [0.29, 0.717) is 18.8 Å². The SMILES string of the molecule is CCOc1cc(CNCC2CCCO2)ccc1OC1CCCC1. The van der Waals surface area contributed by atoms with Gasteiger partial charge in [0.2, 0.25) is 0 Å². The summed E-state index contributed by atoms with van der Waals surface area (Å²) in [6, 6.07) is 6.30. The summed E-state index contributed by atoms with van der Waals surface area (Å²) in [6.45, 7) is 5.34. The summed E-state index contributed by atoms with van der Waals surface area (Å²) >= 11 is 0. The number of nitrogens with one attached hydrogen (secondary N) is 1. The molecule has 0 amide bonds. The van der Waals surface area contributed by atoms with Crippen LogP contribution >= 0.6 is 0 Å². The van der Waals surface area contributed by atoms with Crippen LogP contribution in [0.4, 0.5) is 0 Å². The predicted molar refractivity (Wildman–Crippen MR) is 91.2 cm³/mol. The number of rotatable bonds is 8. The molecule has 1 saturated heterocycles. The van der Waals surface area contributed by atoms with E-state index in [2.05, 4.69) is 23.5 Å². The summed E-state index contributed by atoms with van der Waals surface area (Å²) in [5.74, 6) is 1.76. The Balaban J connectivity index is 1.56. The fraction of sp³-hybridized carbons (Fsp3) is 0.684. The Morgan fingerprint density at radius 2 is 2.00 bits per heavy atom. The van der Waals surface area contributed by atoms with E-state index in [1.54, 1.807) is 0 Å². The molecule has 1 N–H and O–H groups in total. The first-order valence-electron chi connectivity index (χ1n) is 9.10. The van der Waals surface area contributed by atoms with Crippen molar-refractivity contribution in [3.63, 3.8) is 0 Å². The van der Waals surface area contributed by atoms with Crippen molar-refractivity contribution in [1.29, 1.82) is 0 Å². The molecule has 2 aliphatic rings. The van der Waals surface area contributed by atoms with Gasteiger partial charge in [-0.3, -0.25) is 0 Å². The Bertz CT molecular complexity index is 480. The molecule has 0 aromatic heterocycles. The van der Waals surface area contributed by atoms with E-state index in [1.807, 2.05) is 6.92 Å². The van der Waals surface area contributed by atoms with E-state index in [9.17, 15) is 0 Å². The fourth-order valence-corrected chi connectivity index (χ4v) is 3.40. The molecule has 1 unspecified atom stereocenters. The lowest BCUT2D eigenvalue weighted by atomic mass is 10.2. The van der Waals surface area contributed by atoms with E-state index in [0.717, 1.165) is 44.0 Å². The van der Waals surface area contributed by atoms with Crippen molar-refractivity contribution in [3.8, 4) is 11.5 Å². The molecule has 4 nitrogen and oxygen atoms in total. The second-order valence-electron chi connectivity index (χ2n) is 6.50. The van der Waals surface area contributed by atoms with Crippen LogP contribution in [0.5, 0.6) is 11.5 Å². The van der Waals surface area contributed by atoms with Crippen molar-refractivity contribution in [2.24, 2.45) is 0 Å². The van der Waals surface area contributed by atoms with E-state index in [4.69, 9.17) is 14.2 Å². The summed E-state index contributed by atoms with van der Waals surface area (Å²) in [6.07, 6.45) is 7.98. The summed E-state index contributed by atoms with van der Waals surface area (Å²) in [7, 11) is 0. The Kier molecular flexibility index (Phi) is 6.17. The van der Waals surface area contributed by atoms with Crippen LogP contribution in [0.2, 0.25) is 0 Å². The summed E-state index contributed by atoms with van der Waals surface area (Å²) in [5, 5.41) is 3.48. The van der Waals surface area contributed by atoms with Gasteiger partial charge in [0.25, 0.3) is 0 Å². The first-order chi connectivity index (χ1) is 11.3. The molecule has 0 radical (unpaired) electrons. The molecule has 2 fully saturated rings. The van der Waals surface area contributed by atoms with Gasteiger partial charge in [-0.2, -0.15) is 0 Å². The van der Waals surface area contributed by atoms with Crippen LogP contribution in [0.15, 0.2) is 18.2 Å². The highest BCUT2D eigenvalue weighted by atomic mass is 16.5. The minimum absolute atomic E-state index is 0.359. The molecule has 0 spiro atoms. The van der Waals surface area contributed by atoms with Crippen LogP contribution in [0.3, 0.4) is 0 Å². The Hall–Kier alpha value is -1.26. The molecule has 1 aromatic rings. The molecular formula is C19H29NO3. The maximum Gasteiger partial charge on any atom is 0.161 e. The van der Waals surface area contributed by atoms with Gasteiger partial charge in [0.1, 0.15) is 0 Å². The molecule has 4 heteroatoms. The minimum Gasteiger partial charge on any atom is -0.490 e. The van der Waals surface area contributed by atoms with Crippen LogP contribution < -0.4 is 14.8 Å². The standard InChI is InChI=1S/C19H29NO3/c1-2-21-19-12-15(13-20-14-17-8-5-11-22-17)9-10-18(19)23-16-6-3-4-7-16/h9-10,12,16-17,20H,2-8,11,13-14H2,1H3. The lowest BCUT2D eigenvalue weighted by molar-refractivity contribution is 0.110. The van der Waals surface area contributed by atoms with Crippen molar-refractivity contribution in [2.45, 2.75) is 64.2 Å². The van der Waals surface area contributed by atoms with E-state index in [-0.39, 0.29) is 0 Å². The number of hydrogen-bond donors (Lipinski definition) is 1. The lowest BCUT2D eigenvalue weighted by Gasteiger charge is -2.18. The van der Waals surface area contributed by atoms with Gasteiger partial charge in [-0.05, 0) is 63.1 Å². The zero-order valence-corrected chi connectivity index (χ0v) is 14.2. The quantitative estimate of drug-likeness (QED) is 0.793. The molecule has 1 aliphatic carbocycles. The average Bonchev–Trinajstić information content (AvgIpc) is 3.24. The maximum absolute atomic E-state index is 6.13. The molecule has 1 atom stereocenters. The van der Waals surface area contributed by atoms with Crippen molar-refractivity contribution < 1.29 is 14.2 Å². The molecule has 0 bridgehead atoms. The normalized spacial score (nSPS) is 21.7. The molecule has 3 rings (SSSR count). The molecule has 1 saturated carbocycles. The van der Waals surface area contributed by atoms with Crippen molar-refractivity contribution in [1.82, 2.24) is 5.32 Å². The van der Waals surface area contributed by atoms with Gasteiger partial charge in [0.15, 0.2) is 11.5 Å². The van der Waals surface area contributed by atoms with Gasteiger partial charge >= 0.3 is 0 Å². The Morgan fingerprint density at radius 3 is 2.74 bits per heavy atom. The highest BCUT2D eigenvalue weighted by Gasteiger charge is 2.19. The topological polar surface area (TPSA) is 39.7 Å². The lowest BCUT2D eigenvalue weighted by Crippen LogP contribution is -2.25. The molecule has 1 aliphatic heterocycles. The van der Waals surface area contributed by atoms with Gasteiger partial charge in [-0.25, -0.2) is 0 Å². The Labute approximate surface area is 139 Å². The zero-order chi connectivity index (χ0) is 15.9. The van der Waals surface area contributed by atoms with Crippen LogP contribution in [0.1, 0.15) is 51.0 Å². The van der Waals surface area contributed by atoms with Crippen LogP contribution in [-0.2, 0) is 11.3 Å². The fourth-order valence-electron chi connectivity index (χ4n) is 3.40. The predicted octanol–water partition coefficient (Wildman–Crippen LogP) is 3.68.